The molecule has 0 aliphatic heterocycles. The Balaban J connectivity index is 2.14. The van der Waals surface area contributed by atoms with Gasteiger partial charge in [0.05, 0.1) is 0 Å². The van der Waals surface area contributed by atoms with E-state index in [-0.39, 0.29) is 22.9 Å². The normalized spacial score (nSPS) is 18.5. The highest BCUT2D eigenvalue weighted by atomic mass is 32.2. The maximum absolute atomic E-state index is 12.3. The second kappa shape index (κ2) is 6.43. The van der Waals surface area contributed by atoms with Crippen molar-refractivity contribution in [1.82, 2.24) is 4.72 Å². The van der Waals surface area contributed by atoms with Crippen molar-refractivity contribution in [2.24, 2.45) is 5.41 Å². The lowest BCUT2D eigenvalue weighted by Crippen LogP contribution is -2.41. The molecule has 0 unspecified atom stereocenters. The molecule has 3 N–H and O–H groups in total. The van der Waals surface area contributed by atoms with Crippen molar-refractivity contribution in [3.05, 3.63) is 16.3 Å². The Bertz CT molecular complexity index is 602. The smallest absolute Gasteiger partial charge is 0.347 e. The largest absolute Gasteiger partial charge is 0.477 e. The summed E-state index contributed by atoms with van der Waals surface area (Å²) in [6.07, 6.45) is 4.60. The van der Waals surface area contributed by atoms with Gasteiger partial charge in [-0.2, -0.15) is 0 Å². The molecule has 0 atom stereocenters. The summed E-state index contributed by atoms with van der Waals surface area (Å²) in [5.74, 6) is -1.25. The van der Waals surface area contributed by atoms with Crippen molar-refractivity contribution >= 4 is 27.3 Å². The van der Waals surface area contributed by atoms with Crippen molar-refractivity contribution in [2.75, 3.05) is 13.2 Å². The molecule has 1 fully saturated rings. The Morgan fingerprint density at radius 3 is 2.57 bits per heavy atom. The van der Waals surface area contributed by atoms with Crippen LogP contribution in [0.4, 0.5) is 0 Å². The van der Waals surface area contributed by atoms with E-state index < -0.39 is 21.4 Å². The summed E-state index contributed by atoms with van der Waals surface area (Å²) >= 11 is 0.883. The van der Waals surface area contributed by atoms with Crippen LogP contribution in [0.1, 0.15) is 41.8 Å². The third-order valence-corrected chi connectivity index (χ3v) is 6.47. The minimum Gasteiger partial charge on any atom is -0.477 e. The number of rotatable bonds is 6. The highest BCUT2D eigenvalue weighted by molar-refractivity contribution is 7.89. The second-order valence-electron chi connectivity index (χ2n) is 5.46. The van der Waals surface area contributed by atoms with E-state index in [1.807, 2.05) is 0 Å². The summed E-state index contributed by atoms with van der Waals surface area (Å²) in [7, 11) is -3.87. The molecule has 0 spiro atoms. The van der Waals surface area contributed by atoms with Gasteiger partial charge in [0.15, 0.2) is 0 Å². The quantitative estimate of drug-likeness (QED) is 0.734. The summed E-state index contributed by atoms with van der Waals surface area (Å²) in [5.41, 5.74) is -0.426. The average Bonchev–Trinajstić information content (AvgIpc) is 2.97. The molecule has 1 saturated carbocycles. The van der Waals surface area contributed by atoms with Crippen LogP contribution in [-0.4, -0.2) is 37.8 Å². The summed E-state index contributed by atoms with van der Waals surface area (Å²) in [4.78, 5) is 10.6. The standard InChI is InChI=1S/C13H19NO5S2/c15-9-13(5-2-1-3-6-13)8-14-21(18,19)10-4-7-20-11(10)12(16)17/h4,7,14-15H,1-3,5-6,8-9H2,(H,16,17). The van der Waals surface area contributed by atoms with Crippen LogP contribution >= 0.6 is 11.3 Å². The lowest BCUT2D eigenvalue weighted by atomic mass is 9.75. The molecule has 1 aliphatic rings. The molecule has 0 bridgehead atoms. The number of thiophene rings is 1. The molecule has 8 heteroatoms. The highest BCUT2D eigenvalue weighted by Gasteiger charge is 2.33. The van der Waals surface area contributed by atoms with Gasteiger partial charge < -0.3 is 10.2 Å². The lowest BCUT2D eigenvalue weighted by molar-refractivity contribution is 0.0698. The van der Waals surface area contributed by atoms with E-state index in [0.29, 0.717) is 0 Å². The Hall–Kier alpha value is -0.960. The topological polar surface area (TPSA) is 104 Å². The van der Waals surface area contributed by atoms with Gasteiger partial charge in [-0.15, -0.1) is 11.3 Å². The molecule has 0 radical (unpaired) electrons. The van der Waals surface area contributed by atoms with Crippen LogP contribution in [0.5, 0.6) is 0 Å². The fourth-order valence-corrected chi connectivity index (χ4v) is 5.10. The number of carbonyl (C=O) groups is 1. The Labute approximate surface area is 127 Å². The molecule has 2 rings (SSSR count). The van der Waals surface area contributed by atoms with Gasteiger partial charge in [0.1, 0.15) is 9.77 Å². The molecule has 1 aliphatic carbocycles. The SMILES string of the molecule is O=C(O)c1sccc1S(=O)(=O)NCC1(CO)CCCCC1. The number of sulfonamides is 1. The summed E-state index contributed by atoms with van der Waals surface area (Å²) in [6, 6.07) is 1.29. The van der Waals surface area contributed by atoms with Crippen molar-refractivity contribution < 1.29 is 23.4 Å². The second-order valence-corrected chi connectivity index (χ2v) is 8.11. The maximum Gasteiger partial charge on any atom is 0.347 e. The maximum atomic E-state index is 12.3. The highest BCUT2D eigenvalue weighted by Crippen LogP contribution is 2.35. The van der Waals surface area contributed by atoms with E-state index in [0.717, 1.165) is 43.4 Å². The monoisotopic (exact) mass is 333 g/mol. The van der Waals surface area contributed by atoms with E-state index in [2.05, 4.69) is 4.72 Å². The fraction of sp³-hybridized carbons (Fsp3) is 0.615. The Morgan fingerprint density at radius 1 is 1.33 bits per heavy atom. The number of aliphatic hydroxyl groups excluding tert-OH is 1. The molecular weight excluding hydrogens is 314 g/mol. The van der Waals surface area contributed by atoms with Crippen LogP contribution in [0.25, 0.3) is 0 Å². The third-order valence-electron chi connectivity index (χ3n) is 4.00. The zero-order valence-electron chi connectivity index (χ0n) is 11.5. The van der Waals surface area contributed by atoms with Gasteiger partial charge in [-0.3, -0.25) is 0 Å². The molecule has 0 amide bonds. The van der Waals surface area contributed by atoms with Gasteiger partial charge in [-0.1, -0.05) is 19.3 Å². The number of aromatic carboxylic acids is 1. The van der Waals surface area contributed by atoms with Gasteiger partial charge in [-0.25, -0.2) is 17.9 Å². The fourth-order valence-electron chi connectivity index (χ4n) is 2.68. The molecule has 0 aromatic carbocycles. The van der Waals surface area contributed by atoms with Gasteiger partial charge in [-0.05, 0) is 24.3 Å². The van der Waals surface area contributed by atoms with E-state index in [1.165, 1.54) is 11.4 Å². The van der Waals surface area contributed by atoms with Crippen LogP contribution in [-0.2, 0) is 10.0 Å². The molecule has 1 heterocycles. The number of carboxylic acids is 1. The Morgan fingerprint density at radius 2 is 2.00 bits per heavy atom. The first kappa shape index (κ1) is 16.4. The van der Waals surface area contributed by atoms with Crippen LogP contribution in [0.2, 0.25) is 0 Å². The van der Waals surface area contributed by atoms with Gasteiger partial charge >= 0.3 is 5.97 Å². The number of hydrogen-bond donors (Lipinski definition) is 3. The molecule has 0 saturated heterocycles. The van der Waals surface area contributed by atoms with Crippen LogP contribution in [0.3, 0.4) is 0 Å². The summed E-state index contributed by atoms with van der Waals surface area (Å²) in [5, 5.41) is 20.0. The average molecular weight is 333 g/mol. The van der Waals surface area contributed by atoms with E-state index in [1.54, 1.807) is 0 Å². The van der Waals surface area contributed by atoms with Gasteiger partial charge in [0.25, 0.3) is 0 Å². The number of hydrogen-bond acceptors (Lipinski definition) is 5. The predicted octanol–water partition coefficient (Wildman–Crippen LogP) is 1.67. The zero-order valence-corrected chi connectivity index (χ0v) is 13.2. The minimum atomic E-state index is -3.87. The molecule has 1 aromatic rings. The third kappa shape index (κ3) is 3.63. The zero-order chi connectivity index (χ0) is 15.5. The van der Waals surface area contributed by atoms with Gasteiger partial charge in [0.2, 0.25) is 10.0 Å². The summed E-state index contributed by atoms with van der Waals surface area (Å²) in [6.45, 7) is 0.0751. The van der Waals surface area contributed by atoms with Crippen molar-refractivity contribution in [2.45, 2.75) is 37.0 Å². The van der Waals surface area contributed by atoms with Gasteiger partial charge in [0, 0.05) is 18.6 Å². The molecule has 118 valence electrons. The first-order valence-corrected chi connectivity index (χ1v) is 9.18. The first-order chi connectivity index (χ1) is 9.90. The number of carboxylic acid groups (broad SMARTS) is 1. The van der Waals surface area contributed by atoms with Crippen LogP contribution in [0, 0.1) is 5.41 Å². The van der Waals surface area contributed by atoms with Crippen molar-refractivity contribution in [1.29, 1.82) is 0 Å². The first-order valence-electron chi connectivity index (χ1n) is 6.82. The Kier molecular flexibility index (Phi) is 5.03. The number of nitrogens with one attached hydrogen (secondary N) is 1. The molecular formula is C13H19NO5S2. The molecule has 6 nitrogen and oxygen atoms in total. The van der Waals surface area contributed by atoms with Crippen molar-refractivity contribution in [3.63, 3.8) is 0 Å². The molecule has 21 heavy (non-hydrogen) atoms. The lowest BCUT2D eigenvalue weighted by Gasteiger charge is -2.35. The van der Waals surface area contributed by atoms with E-state index in [4.69, 9.17) is 5.11 Å². The van der Waals surface area contributed by atoms with Crippen LogP contribution < -0.4 is 4.72 Å². The number of aliphatic hydroxyl groups is 1. The van der Waals surface area contributed by atoms with E-state index >= 15 is 0 Å². The van der Waals surface area contributed by atoms with Crippen LogP contribution in [0.15, 0.2) is 16.3 Å². The molecule has 1 aromatic heterocycles. The minimum absolute atomic E-state index is 0.0645. The van der Waals surface area contributed by atoms with Crippen molar-refractivity contribution in [3.8, 4) is 0 Å². The van der Waals surface area contributed by atoms with E-state index in [9.17, 15) is 18.3 Å². The predicted molar refractivity (Wildman–Crippen MR) is 79.1 cm³/mol. The summed E-state index contributed by atoms with van der Waals surface area (Å²) < 4.78 is 27.0.